The van der Waals surface area contributed by atoms with Gasteiger partial charge in [0.15, 0.2) is 0 Å². The Bertz CT molecular complexity index is 274. The first-order chi connectivity index (χ1) is 5.72. The molecule has 1 aromatic heterocycles. The van der Waals surface area contributed by atoms with Gasteiger partial charge in [0.05, 0.1) is 18.1 Å². The van der Waals surface area contributed by atoms with E-state index in [2.05, 4.69) is 10.3 Å². The number of amides is 1. The normalized spacial score (nSPS) is 9.83. The van der Waals surface area contributed by atoms with Gasteiger partial charge in [-0.3, -0.25) is 4.79 Å². The third-order valence-corrected chi connectivity index (χ3v) is 2.40. The molecule has 0 saturated carbocycles. The minimum atomic E-state index is -0.0439. The zero-order chi connectivity index (χ0) is 8.97. The maximum atomic E-state index is 10.5. The van der Waals surface area contributed by atoms with E-state index in [4.69, 9.17) is 11.6 Å². The second kappa shape index (κ2) is 4.42. The van der Waals surface area contributed by atoms with Crippen molar-refractivity contribution in [2.24, 2.45) is 0 Å². The Morgan fingerprint density at radius 1 is 1.83 bits per heavy atom. The van der Waals surface area contributed by atoms with E-state index in [1.807, 2.05) is 5.38 Å². The molecule has 3 nitrogen and oxygen atoms in total. The number of alkyl halides is 1. The number of aromatic nitrogens is 1. The van der Waals surface area contributed by atoms with Gasteiger partial charge in [-0.2, -0.15) is 0 Å². The van der Waals surface area contributed by atoms with Gasteiger partial charge in [0.2, 0.25) is 5.91 Å². The third kappa shape index (κ3) is 2.79. The largest absolute Gasteiger partial charge is 0.350 e. The number of nitrogens with zero attached hydrogens (tertiary/aromatic N) is 1. The molecule has 1 N–H and O–H groups in total. The van der Waals surface area contributed by atoms with E-state index in [0.29, 0.717) is 12.4 Å². The SMILES string of the molecule is CC(=O)NCc1nc(CCl)cs1. The second-order valence-corrected chi connectivity index (χ2v) is 3.49. The first-order valence-corrected chi connectivity index (χ1v) is 4.87. The van der Waals surface area contributed by atoms with Crippen molar-refractivity contribution in [3.8, 4) is 0 Å². The quantitative estimate of drug-likeness (QED) is 0.759. The van der Waals surface area contributed by atoms with Crippen molar-refractivity contribution in [2.75, 3.05) is 0 Å². The van der Waals surface area contributed by atoms with Crippen LogP contribution in [0.2, 0.25) is 0 Å². The molecule has 0 fully saturated rings. The van der Waals surface area contributed by atoms with Crippen LogP contribution in [0.15, 0.2) is 5.38 Å². The third-order valence-electron chi connectivity index (χ3n) is 1.22. The minimum Gasteiger partial charge on any atom is -0.350 e. The van der Waals surface area contributed by atoms with Crippen molar-refractivity contribution in [1.29, 1.82) is 0 Å². The predicted octanol–water partition coefficient (Wildman–Crippen LogP) is 1.52. The Balaban J connectivity index is 2.47. The van der Waals surface area contributed by atoms with E-state index < -0.39 is 0 Å². The lowest BCUT2D eigenvalue weighted by Crippen LogP contribution is -2.18. The molecule has 0 bridgehead atoms. The molecule has 0 aliphatic carbocycles. The summed E-state index contributed by atoms with van der Waals surface area (Å²) in [6, 6.07) is 0. The number of thiazole rings is 1. The van der Waals surface area contributed by atoms with E-state index in [1.54, 1.807) is 0 Å². The van der Waals surface area contributed by atoms with E-state index in [1.165, 1.54) is 18.3 Å². The molecule has 0 unspecified atom stereocenters. The molecule has 5 heteroatoms. The molecular formula is C7H9ClN2OS. The Morgan fingerprint density at radius 2 is 2.58 bits per heavy atom. The highest BCUT2D eigenvalue weighted by Crippen LogP contribution is 2.10. The number of nitrogens with one attached hydrogen (secondary N) is 1. The summed E-state index contributed by atoms with van der Waals surface area (Å²) in [4.78, 5) is 14.7. The van der Waals surface area contributed by atoms with E-state index >= 15 is 0 Å². The van der Waals surface area contributed by atoms with Gasteiger partial charge >= 0.3 is 0 Å². The summed E-state index contributed by atoms with van der Waals surface area (Å²) in [5.74, 6) is 0.383. The highest BCUT2D eigenvalue weighted by atomic mass is 35.5. The standard InChI is InChI=1S/C7H9ClN2OS/c1-5(11)9-3-7-10-6(2-8)4-12-7/h4H,2-3H2,1H3,(H,9,11). The van der Waals surface area contributed by atoms with Crippen molar-refractivity contribution >= 4 is 28.8 Å². The van der Waals surface area contributed by atoms with Gasteiger partial charge in [-0.05, 0) is 0 Å². The lowest BCUT2D eigenvalue weighted by Gasteiger charge is -1.95. The number of halogens is 1. The van der Waals surface area contributed by atoms with Gasteiger partial charge in [0.25, 0.3) is 0 Å². The van der Waals surface area contributed by atoms with Crippen LogP contribution in [0.3, 0.4) is 0 Å². The fourth-order valence-electron chi connectivity index (χ4n) is 0.692. The average molecular weight is 205 g/mol. The maximum Gasteiger partial charge on any atom is 0.217 e. The van der Waals surface area contributed by atoms with Gasteiger partial charge in [-0.25, -0.2) is 4.98 Å². The molecule has 0 radical (unpaired) electrons. The van der Waals surface area contributed by atoms with Crippen molar-refractivity contribution in [3.05, 3.63) is 16.1 Å². The molecule has 66 valence electrons. The van der Waals surface area contributed by atoms with Gasteiger partial charge in [-0.1, -0.05) is 0 Å². The molecule has 0 atom stereocenters. The van der Waals surface area contributed by atoms with Crippen LogP contribution in [0.4, 0.5) is 0 Å². The van der Waals surface area contributed by atoms with Crippen molar-refractivity contribution in [3.63, 3.8) is 0 Å². The molecule has 0 aliphatic heterocycles. The molecule has 12 heavy (non-hydrogen) atoms. The fourth-order valence-corrected chi connectivity index (χ4v) is 1.65. The Labute approximate surface area is 79.8 Å². The molecule has 0 aromatic carbocycles. The van der Waals surface area contributed by atoms with E-state index in [9.17, 15) is 4.79 Å². The van der Waals surface area contributed by atoms with E-state index in [0.717, 1.165) is 10.7 Å². The zero-order valence-corrected chi connectivity index (χ0v) is 8.21. The van der Waals surface area contributed by atoms with Crippen molar-refractivity contribution < 1.29 is 4.79 Å². The van der Waals surface area contributed by atoms with Crippen LogP contribution in [-0.4, -0.2) is 10.9 Å². The number of carbonyl (C=O) groups is 1. The molecule has 0 saturated heterocycles. The second-order valence-electron chi connectivity index (χ2n) is 2.28. The van der Waals surface area contributed by atoms with Crippen LogP contribution in [0.1, 0.15) is 17.6 Å². The molecular weight excluding hydrogens is 196 g/mol. The Kier molecular flexibility index (Phi) is 3.49. The molecule has 0 spiro atoms. The monoisotopic (exact) mass is 204 g/mol. The smallest absolute Gasteiger partial charge is 0.217 e. The van der Waals surface area contributed by atoms with E-state index in [-0.39, 0.29) is 5.91 Å². The van der Waals surface area contributed by atoms with Crippen LogP contribution >= 0.6 is 22.9 Å². The summed E-state index contributed by atoms with van der Waals surface area (Å²) in [6.07, 6.45) is 0. The highest BCUT2D eigenvalue weighted by Gasteiger charge is 2.00. The van der Waals surface area contributed by atoms with Crippen molar-refractivity contribution in [2.45, 2.75) is 19.3 Å². The topological polar surface area (TPSA) is 42.0 Å². The van der Waals surface area contributed by atoms with Crippen LogP contribution in [0, 0.1) is 0 Å². The van der Waals surface area contributed by atoms with Crippen LogP contribution in [-0.2, 0) is 17.2 Å². The summed E-state index contributed by atoms with van der Waals surface area (Å²) in [5.41, 5.74) is 0.863. The molecule has 1 aromatic rings. The Hall–Kier alpha value is -0.610. The van der Waals surface area contributed by atoms with Crippen LogP contribution in [0.5, 0.6) is 0 Å². The van der Waals surface area contributed by atoms with Gasteiger partial charge in [0.1, 0.15) is 5.01 Å². The number of rotatable bonds is 3. The number of carbonyl (C=O) groups excluding carboxylic acids is 1. The molecule has 1 amide bonds. The van der Waals surface area contributed by atoms with Gasteiger partial charge < -0.3 is 5.32 Å². The predicted molar refractivity (Wildman–Crippen MR) is 49.2 cm³/mol. The summed E-state index contributed by atoms with van der Waals surface area (Å²) in [6.45, 7) is 1.98. The molecule has 1 heterocycles. The lowest BCUT2D eigenvalue weighted by molar-refractivity contribution is -0.119. The average Bonchev–Trinajstić information content (AvgIpc) is 2.48. The number of hydrogen-bond donors (Lipinski definition) is 1. The first kappa shape index (κ1) is 9.48. The van der Waals surface area contributed by atoms with Crippen LogP contribution < -0.4 is 5.32 Å². The first-order valence-electron chi connectivity index (χ1n) is 3.46. The molecule has 1 rings (SSSR count). The van der Waals surface area contributed by atoms with Gasteiger partial charge in [-0.15, -0.1) is 22.9 Å². The molecule has 0 aliphatic rings. The summed E-state index contributed by atoms with van der Waals surface area (Å²) >= 11 is 7.07. The fraction of sp³-hybridized carbons (Fsp3) is 0.429. The minimum absolute atomic E-state index is 0.0439. The summed E-state index contributed by atoms with van der Waals surface area (Å²) in [5, 5.41) is 5.45. The maximum absolute atomic E-state index is 10.5. The van der Waals surface area contributed by atoms with Crippen LogP contribution in [0.25, 0.3) is 0 Å². The van der Waals surface area contributed by atoms with Gasteiger partial charge in [0, 0.05) is 12.3 Å². The summed E-state index contributed by atoms with van der Waals surface area (Å²) < 4.78 is 0. The number of hydrogen-bond acceptors (Lipinski definition) is 3. The summed E-state index contributed by atoms with van der Waals surface area (Å²) in [7, 11) is 0. The highest BCUT2D eigenvalue weighted by molar-refractivity contribution is 7.09. The zero-order valence-electron chi connectivity index (χ0n) is 6.63. The lowest BCUT2D eigenvalue weighted by atomic mass is 10.5. The Morgan fingerprint density at radius 3 is 3.08 bits per heavy atom. The van der Waals surface area contributed by atoms with Crippen molar-refractivity contribution in [1.82, 2.24) is 10.3 Å².